The molecule has 1 aromatic heterocycles. The molecule has 7 heteroatoms. The van der Waals surface area contributed by atoms with E-state index >= 15 is 0 Å². The zero-order valence-electron chi connectivity index (χ0n) is 17.6. The smallest absolute Gasteiger partial charge is 0.260 e. The van der Waals surface area contributed by atoms with Gasteiger partial charge in [0, 0.05) is 29.3 Å². The first-order valence-corrected chi connectivity index (χ1v) is 11.4. The van der Waals surface area contributed by atoms with E-state index in [1.165, 1.54) is 7.05 Å². The molecule has 0 atom stereocenters. The summed E-state index contributed by atoms with van der Waals surface area (Å²) < 4.78 is 28.6. The van der Waals surface area contributed by atoms with E-state index in [-0.39, 0.29) is 10.8 Å². The Hall–Kier alpha value is -2.90. The first kappa shape index (κ1) is 20.4. The summed E-state index contributed by atoms with van der Waals surface area (Å²) >= 11 is 0. The lowest BCUT2D eigenvalue weighted by molar-refractivity contribution is 0.0989. The molecule has 6 nitrogen and oxygen atoms in total. The number of hydrogen-bond donors (Lipinski definition) is 1. The summed E-state index contributed by atoms with van der Waals surface area (Å²) in [4.78, 5) is 15.4. The molecule has 2 aromatic carbocycles. The van der Waals surface area contributed by atoms with Crippen LogP contribution in [0.4, 0.5) is 5.69 Å². The third kappa shape index (κ3) is 3.34. The number of carbonyl (C=O) groups excluding carboxylic acids is 1. The molecule has 0 spiro atoms. The Kier molecular flexibility index (Phi) is 5.03. The molecule has 0 radical (unpaired) electrons. The average Bonchev–Trinajstić information content (AvgIpc) is 3.27. The number of anilines is 1. The summed E-state index contributed by atoms with van der Waals surface area (Å²) in [5, 5.41) is 0. The number of nitrogens with zero attached hydrogens (tertiary/aromatic N) is 2. The van der Waals surface area contributed by atoms with E-state index in [0.717, 1.165) is 33.9 Å². The van der Waals surface area contributed by atoms with Gasteiger partial charge in [-0.2, -0.15) is 0 Å². The second-order valence-corrected chi connectivity index (χ2v) is 9.55. The minimum Gasteiger partial charge on any atom is -0.318 e. The number of aromatic nitrogens is 1. The van der Waals surface area contributed by atoms with Crippen molar-refractivity contribution in [1.82, 2.24) is 9.29 Å². The quantitative estimate of drug-likeness (QED) is 0.698. The van der Waals surface area contributed by atoms with Gasteiger partial charge in [-0.3, -0.25) is 4.79 Å². The number of amides is 1. The minimum absolute atomic E-state index is 0.0648. The van der Waals surface area contributed by atoms with Gasteiger partial charge in [-0.25, -0.2) is 13.1 Å². The van der Waals surface area contributed by atoms with Gasteiger partial charge in [-0.1, -0.05) is 12.1 Å². The summed E-state index contributed by atoms with van der Waals surface area (Å²) in [6, 6.07) is 15.1. The normalized spacial score (nSPS) is 13.5. The van der Waals surface area contributed by atoms with Gasteiger partial charge in [0.2, 0.25) is 10.0 Å². The summed E-state index contributed by atoms with van der Waals surface area (Å²) in [7, 11) is -2.12. The van der Waals surface area contributed by atoms with Gasteiger partial charge in [-0.15, -0.1) is 0 Å². The number of carbonyl (C=O) groups is 1. The summed E-state index contributed by atoms with van der Waals surface area (Å²) in [5.74, 6) is -0.0648. The largest absolute Gasteiger partial charge is 0.318 e. The van der Waals surface area contributed by atoms with Crippen molar-refractivity contribution in [3.05, 3.63) is 76.6 Å². The van der Waals surface area contributed by atoms with Gasteiger partial charge in [0.1, 0.15) is 0 Å². The van der Waals surface area contributed by atoms with Crippen LogP contribution in [0.5, 0.6) is 0 Å². The van der Waals surface area contributed by atoms with Crippen molar-refractivity contribution in [3.8, 4) is 5.69 Å². The SMILES string of the molecule is CNS(=O)(=O)c1ccc2c(c1)CCN2C(=O)c1cc(C)n(-c2cccc(C)c2)c1C. The van der Waals surface area contributed by atoms with E-state index in [2.05, 4.69) is 15.4 Å². The van der Waals surface area contributed by atoms with Gasteiger partial charge in [0.25, 0.3) is 5.91 Å². The molecule has 0 saturated carbocycles. The lowest BCUT2D eigenvalue weighted by Crippen LogP contribution is -2.29. The highest BCUT2D eigenvalue weighted by Gasteiger charge is 2.29. The van der Waals surface area contributed by atoms with Crippen molar-refractivity contribution >= 4 is 21.6 Å². The van der Waals surface area contributed by atoms with Crippen molar-refractivity contribution in [1.29, 1.82) is 0 Å². The topological polar surface area (TPSA) is 71.4 Å². The molecule has 30 heavy (non-hydrogen) atoms. The highest BCUT2D eigenvalue weighted by Crippen LogP contribution is 2.32. The number of hydrogen-bond acceptors (Lipinski definition) is 3. The molecule has 0 aliphatic carbocycles. The number of fused-ring (bicyclic) bond motifs is 1. The second-order valence-electron chi connectivity index (χ2n) is 7.66. The van der Waals surface area contributed by atoms with E-state index in [4.69, 9.17) is 0 Å². The van der Waals surface area contributed by atoms with E-state index in [9.17, 15) is 13.2 Å². The van der Waals surface area contributed by atoms with Crippen molar-refractivity contribution < 1.29 is 13.2 Å². The maximum absolute atomic E-state index is 13.4. The van der Waals surface area contributed by atoms with Crippen molar-refractivity contribution in [2.24, 2.45) is 0 Å². The van der Waals surface area contributed by atoms with Crippen LogP contribution in [0.15, 0.2) is 53.4 Å². The van der Waals surface area contributed by atoms with Crippen LogP contribution < -0.4 is 9.62 Å². The van der Waals surface area contributed by atoms with Gasteiger partial charge >= 0.3 is 0 Å². The third-order valence-electron chi connectivity index (χ3n) is 5.69. The van der Waals surface area contributed by atoms with Crippen LogP contribution in [0.3, 0.4) is 0 Å². The Bertz CT molecular complexity index is 1260. The van der Waals surface area contributed by atoms with E-state index < -0.39 is 10.0 Å². The first-order valence-electron chi connectivity index (χ1n) is 9.87. The Balaban J connectivity index is 1.70. The number of aryl methyl sites for hydroxylation is 2. The van der Waals surface area contributed by atoms with Gasteiger partial charge < -0.3 is 9.47 Å². The Morgan fingerprint density at radius 1 is 1.03 bits per heavy atom. The standard InChI is InChI=1S/C23H25N3O3S/c1-15-6-5-7-19(12-15)26-16(2)13-21(17(26)3)23(27)25-11-10-18-14-20(8-9-22(18)25)30(28,29)24-4/h5-9,12-14,24H,10-11H2,1-4H3. The summed E-state index contributed by atoms with van der Waals surface area (Å²) in [6.07, 6.45) is 0.630. The van der Waals surface area contributed by atoms with Gasteiger partial charge in [-0.05, 0) is 81.8 Å². The molecule has 3 aromatic rings. The molecule has 0 fully saturated rings. The van der Waals surface area contributed by atoms with Crippen LogP contribution in [-0.2, 0) is 16.4 Å². The zero-order valence-corrected chi connectivity index (χ0v) is 18.4. The number of benzene rings is 2. The predicted octanol–water partition coefficient (Wildman–Crippen LogP) is 3.51. The lowest BCUT2D eigenvalue weighted by Gasteiger charge is -2.18. The van der Waals surface area contributed by atoms with Gasteiger partial charge in [0.15, 0.2) is 0 Å². The molecule has 1 aliphatic heterocycles. The Labute approximate surface area is 177 Å². The molecule has 0 bridgehead atoms. The number of nitrogens with one attached hydrogen (secondary N) is 1. The molecule has 2 heterocycles. The number of rotatable bonds is 4. The molecule has 156 valence electrons. The molecular formula is C23H25N3O3S. The lowest BCUT2D eigenvalue weighted by atomic mass is 10.1. The van der Waals surface area contributed by atoms with E-state index in [1.807, 2.05) is 45.0 Å². The van der Waals surface area contributed by atoms with Crippen LogP contribution in [0.25, 0.3) is 5.69 Å². The average molecular weight is 424 g/mol. The maximum atomic E-state index is 13.4. The number of sulfonamides is 1. The van der Waals surface area contributed by atoms with Crippen LogP contribution >= 0.6 is 0 Å². The molecule has 1 aliphatic rings. The monoisotopic (exact) mass is 423 g/mol. The minimum atomic E-state index is -3.51. The summed E-state index contributed by atoms with van der Waals surface area (Å²) in [5.41, 5.74) is 6.39. The molecule has 1 amide bonds. The Morgan fingerprint density at radius 2 is 1.80 bits per heavy atom. The maximum Gasteiger partial charge on any atom is 0.260 e. The van der Waals surface area contributed by atoms with Crippen molar-refractivity contribution in [3.63, 3.8) is 0 Å². The third-order valence-corrected chi connectivity index (χ3v) is 7.10. The fourth-order valence-corrected chi connectivity index (χ4v) is 4.94. The molecule has 0 saturated heterocycles. The molecular weight excluding hydrogens is 398 g/mol. The van der Waals surface area contributed by atoms with Crippen LogP contribution in [-0.4, -0.2) is 32.5 Å². The van der Waals surface area contributed by atoms with Gasteiger partial charge in [0.05, 0.1) is 10.5 Å². The second kappa shape index (κ2) is 7.41. The zero-order chi connectivity index (χ0) is 21.6. The Morgan fingerprint density at radius 3 is 2.50 bits per heavy atom. The highest BCUT2D eigenvalue weighted by molar-refractivity contribution is 7.89. The summed E-state index contributed by atoms with van der Waals surface area (Å²) in [6.45, 7) is 6.54. The fourth-order valence-electron chi connectivity index (χ4n) is 4.16. The molecule has 0 unspecified atom stereocenters. The van der Waals surface area contributed by atoms with E-state index in [0.29, 0.717) is 18.5 Å². The highest BCUT2D eigenvalue weighted by atomic mass is 32.2. The van der Waals surface area contributed by atoms with E-state index in [1.54, 1.807) is 23.1 Å². The molecule has 4 rings (SSSR count). The van der Waals surface area contributed by atoms with Crippen molar-refractivity contribution in [2.75, 3.05) is 18.5 Å². The van der Waals surface area contributed by atoms with Crippen LogP contribution in [0, 0.1) is 20.8 Å². The fraction of sp³-hybridized carbons (Fsp3) is 0.261. The molecule has 1 N–H and O–H groups in total. The van der Waals surface area contributed by atoms with Crippen LogP contribution in [0.2, 0.25) is 0 Å². The van der Waals surface area contributed by atoms with Crippen molar-refractivity contribution in [2.45, 2.75) is 32.1 Å². The van der Waals surface area contributed by atoms with Crippen LogP contribution in [0.1, 0.15) is 32.9 Å². The first-order chi connectivity index (χ1) is 14.2. The predicted molar refractivity (Wildman–Crippen MR) is 118 cm³/mol.